The van der Waals surface area contributed by atoms with E-state index in [1.165, 1.54) is 6.42 Å². The lowest BCUT2D eigenvalue weighted by Crippen LogP contribution is -2.75. The third-order valence-electron chi connectivity index (χ3n) is 9.91. The third kappa shape index (κ3) is 8.08. The molecule has 0 bridgehead atoms. The molecule has 1 saturated carbocycles. The number of nitrogens with one attached hydrogen (secondary N) is 2. The number of furan rings is 1. The van der Waals surface area contributed by atoms with Crippen LogP contribution in [0.3, 0.4) is 0 Å². The Hall–Kier alpha value is -3.37. The summed E-state index contributed by atoms with van der Waals surface area (Å²) in [5, 5.41) is 17.0. The van der Waals surface area contributed by atoms with E-state index in [4.69, 9.17) is 9.15 Å². The number of ether oxygens (including phenoxy) is 1. The average molecular weight is 623 g/mol. The zero-order valence-electron chi connectivity index (χ0n) is 26.7. The zero-order chi connectivity index (χ0) is 31.6. The predicted octanol–water partition coefficient (Wildman–Crippen LogP) is 4.27. The first kappa shape index (κ1) is 33.0. The average Bonchev–Trinajstić information content (AvgIpc) is 3.60. The summed E-state index contributed by atoms with van der Waals surface area (Å²) in [5.74, 6) is 1.15. The van der Waals surface area contributed by atoms with E-state index >= 15 is 0 Å². The maximum atomic E-state index is 13.8. The fraction of sp³-hybridized carbons (Fsp3) is 0.629. The van der Waals surface area contributed by atoms with Crippen molar-refractivity contribution >= 4 is 17.7 Å². The van der Waals surface area contributed by atoms with Crippen molar-refractivity contribution in [2.24, 2.45) is 5.92 Å². The number of carbonyl (C=O) groups is 3. The van der Waals surface area contributed by atoms with Crippen molar-refractivity contribution < 1.29 is 28.6 Å². The Morgan fingerprint density at radius 2 is 1.82 bits per heavy atom. The van der Waals surface area contributed by atoms with Crippen molar-refractivity contribution in [3.05, 3.63) is 54.0 Å². The SMILES string of the molecule is CCCCN1C(=O)[C@@H]([C@H](O)C2CCCCC2)NC(=O)C12CCN(CCCCOc1ccc(C(=O)NCc3ccco3)cc1)CC2. The van der Waals surface area contributed by atoms with Crippen molar-refractivity contribution in [3.8, 4) is 5.75 Å². The Morgan fingerprint density at radius 1 is 1.07 bits per heavy atom. The number of likely N-dealkylation sites (tertiary alicyclic amines) is 1. The van der Waals surface area contributed by atoms with Crippen LogP contribution >= 0.6 is 0 Å². The van der Waals surface area contributed by atoms with Crippen LogP contribution in [0, 0.1) is 5.92 Å². The molecule has 2 saturated heterocycles. The van der Waals surface area contributed by atoms with Gasteiger partial charge in [0.05, 0.1) is 25.5 Å². The number of aliphatic hydroxyl groups is 1. The number of benzene rings is 1. The Morgan fingerprint density at radius 3 is 2.51 bits per heavy atom. The van der Waals surface area contributed by atoms with E-state index in [0.717, 1.165) is 76.8 Å². The molecule has 246 valence electrons. The largest absolute Gasteiger partial charge is 0.494 e. The molecule has 2 aliphatic heterocycles. The van der Waals surface area contributed by atoms with E-state index in [9.17, 15) is 19.5 Å². The fourth-order valence-corrected chi connectivity index (χ4v) is 7.11. The van der Waals surface area contributed by atoms with Crippen molar-refractivity contribution in [2.75, 3.05) is 32.8 Å². The van der Waals surface area contributed by atoms with Gasteiger partial charge in [-0.25, -0.2) is 0 Å². The number of piperidine rings is 1. The number of hydrogen-bond acceptors (Lipinski definition) is 7. The number of carbonyl (C=O) groups excluding carboxylic acids is 3. The van der Waals surface area contributed by atoms with Crippen LogP contribution in [-0.2, 0) is 16.1 Å². The first-order chi connectivity index (χ1) is 21.9. The molecule has 1 spiro atoms. The number of aliphatic hydroxyl groups excluding tert-OH is 1. The smallest absolute Gasteiger partial charge is 0.251 e. The van der Waals surface area contributed by atoms with Gasteiger partial charge in [0.25, 0.3) is 5.91 Å². The van der Waals surface area contributed by atoms with Gasteiger partial charge in [0.1, 0.15) is 23.1 Å². The minimum atomic E-state index is -0.832. The zero-order valence-corrected chi connectivity index (χ0v) is 26.7. The molecule has 3 heterocycles. The van der Waals surface area contributed by atoms with Gasteiger partial charge in [-0.3, -0.25) is 14.4 Å². The molecule has 1 aromatic heterocycles. The number of amides is 3. The van der Waals surface area contributed by atoms with E-state index in [1.807, 2.05) is 23.1 Å². The molecule has 1 aliphatic carbocycles. The first-order valence-electron chi connectivity index (χ1n) is 17.0. The van der Waals surface area contributed by atoms with Crippen LogP contribution in [0.2, 0.25) is 0 Å². The summed E-state index contributed by atoms with van der Waals surface area (Å²) in [6.07, 6.45) is 10.8. The van der Waals surface area contributed by atoms with Gasteiger partial charge >= 0.3 is 0 Å². The van der Waals surface area contributed by atoms with E-state index in [2.05, 4.69) is 22.5 Å². The van der Waals surface area contributed by atoms with Gasteiger partial charge in [-0.05, 0) is 93.8 Å². The maximum absolute atomic E-state index is 13.8. The molecule has 10 nitrogen and oxygen atoms in total. The first-order valence-corrected chi connectivity index (χ1v) is 17.0. The summed E-state index contributed by atoms with van der Waals surface area (Å²) >= 11 is 0. The van der Waals surface area contributed by atoms with E-state index in [-0.39, 0.29) is 23.6 Å². The van der Waals surface area contributed by atoms with E-state index in [1.54, 1.807) is 24.5 Å². The van der Waals surface area contributed by atoms with E-state index in [0.29, 0.717) is 43.9 Å². The summed E-state index contributed by atoms with van der Waals surface area (Å²) < 4.78 is 11.2. The number of unbranched alkanes of at least 4 members (excludes halogenated alkanes) is 2. The second-order valence-electron chi connectivity index (χ2n) is 12.9. The quantitative estimate of drug-likeness (QED) is 0.269. The van der Waals surface area contributed by atoms with Crippen molar-refractivity contribution in [2.45, 2.75) is 102 Å². The van der Waals surface area contributed by atoms with Crippen LogP contribution in [0.5, 0.6) is 5.75 Å². The van der Waals surface area contributed by atoms with Crippen LogP contribution in [0.15, 0.2) is 47.1 Å². The Labute approximate surface area is 266 Å². The second-order valence-corrected chi connectivity index (χ2v) is 12.9. The highest BCUT2D eigenvalue weighted by atomic mass is 16.5. The monoisotopic (exact) mass is 622 g/mol. The van der Waals surface area contributed by atoms with Gasteiger partial charge in [-0.1, -0.05) is 32.6 Å². The van der Waals surface area contributed by atoms with Crippen LogP contribution in [0.25, 0.3) is 0 Å². The molecule has 0 unspecified atom stereocenters. The molecule has 3 fully saturated rings. The Balaban J connectivity index is 1.05. The third-order valence-corrected chi connectivity index (χ3v) is 9.91. The fourth-order valence-electron chi connectivity index (χ4n) is 7.11. The Bertz CT molecular complexity index is 1240. The molecular weight excluding hydrogens is 572 g/mol. The number of nitrogens with zero attached hydrogens (tertiary/aromatic N) is 2. The molecule has 3 amide bonds. The molecule has 2 aromatic rings. The molecular formula is C35H50N4O6. The van der Waals surface area contributed by atoms with Crippen LogP contribution in [0.4, 0.5) is 0 Å². The van der Waals surface area contributed by atoms with Gasteiger partial charge in [-0.2, -0.15) is 0 Å². The molecule has 2 atom stereocenters. The van der Waals surface area contributed by atoms with Gasteiger partial charge in [-0.15, -0.1) is 0 Å². The Kier molecular flexibility index (Phi) is 11.6. The number of rotatable bonds is 14. The van der Waals surface area contributed by atoms with Crippen molar-refractivity contribution in [1.29, 1.82) is 0 Å². The summed E-state index contributed by atoms with van der Waals surface area (Å²) in [5.41, 5.74) is -0.259. The van der Waals surface area contributed by atoms with Gasteiger partial charge < -0.3 is 34.7 Å². The maximum Gasteiger partial charge on any atom is 0.251 e. The molecule has 1 aromatic carbocycles. The lowest BCUT2D eigenvalue weighted by molar-refractivity contribution is -0.165. The molecule has 5 rings (SSSR count). The van der Waals surface area contributed by atoms with Crippen LogP contribution < -0.4 is 15.4 Å². The van der Waals surface area contributed by atoms with Gasteiger partial charge in [0.2, 0.25) is 11.8 Å². The minimum Gasteiger partial charge on any atom is -0.494 e. The van der Waals surface area contributed by atoms with Crippen LogP contribution in [0.1, 0.15) is 93.7 Å². The standard InChI is InChI=1S/C35H50N4O6/c1-2-3-20-39-33(42)30(31(40)26-10-5-4-6-11-26)37-34(43)35(39)17-21-38(22-18-35)19-7-8-23-44-28-15-13-27(14-16-28)32(41)36-25-29-12-9-24-45-29/h9,12-16,24,26,30-31,40H,2-8,10-11,17-23,25H2,1H3,(H,36,41)(H,37,43)/t30-,31-/m1/s1. The predicted molar refractivity (Wildman–Crippen MR) is 171 cm³/mol. The highest BCUT2D eigenvalue weighted by Crippen LogP contribution is 2.36. The molecule has 3 aliphatic rings. The summed E-state index contributed by atoms with van der Waals surface area (Å²) in [6.45, 7) is 5.99. The highest BCUT2D eigenvalue weighted by molar-refractivity contribution is 6.00. The number of hydrogen-bond donors (Lipinski definition) is 3. The summed E-state index contributed by atoms with van der Waals surface area (Å²) in [6, 6.07) is 9.91. The number of piperazine rings is 1. The highest BCUT2D eigenvalue weighted by Gasteiger charge is 2.55. The summed E-state index contributed by atoms with van der Waals surface area (Å²) in [7, 11) is 0. The van der Waals surface area contributed by atoms with Crippen molar-refractivity contribution in [1.82, 2.24) is 20.4 Å². The lowest BCUT2D eigenvalue weighted by atomic mass is 9.78. The van der Waals surface area contributed by atoms with E-state index < -0.39 is 17.7 Å². The summed E-state index contributed by atoms with van der Waals surface area (Å²) in [4.78, 5) is 44.1. The molecule has 45 heavy (non-hydrogen) atoms. The topological polar surface area (TPSA) is 124 Å². The van der Waals surface area contributed by atoms with Gasteiger partial charge in [0.15, 0.2) is 0 Å². The molecule has 0 radical (unpaired) electrons. The molecule has 3 N–H and O–H groups in total. The lowest BCUT2D eigenvalue weighted by Gasteiger charge is -2.52. The second kappa shape index (κ2) is 15.8. The molecule has 10 heteroatoms. The van der Waals surface area contributed by atoms with Crippen LogP contribution in [-0.4, -0.2) is 83.1 Å². The normalized spacial score (nSPS) is 21.5. The minimum absolute atomic E-state index is 0.0741. The van der Waals surface area contributed by atoms with Crippen molar-refractivity contribution in [3.63, 3.8) is 0 Å². The van der Waals surface area contributed by atoms with Gasteiger partial charge in [0, 0.05) is 25.2 Å².